The molecule has 0 atom stereocenters. The number of carbonyl (C=O) groups excluding carboxylic acids is 1. The van der Waals surface area contributed by atoms with E-state index in [1.54, 1.807) is 28.9 Å². The average Bonchev–Trinajstić information content (AvgIpc) is 2.78. The molecule has 0 aliphatic heterocycles. The zero-order valence-electron chi connectivity index (χ0n) is 12.3. The van der Waals surface area contributed by atoms with Gasteiger partial charge in [0.05, 0.1) is 6.20 Å². The highest BCUT2D eigenvalue weighted by Gasteiger charge is 2.16. The van der Waals surface area contributed by atoms with Crippen molar-refractivity contribution in [3.05, 3.63) is 46.8 Å². The van der Waals surface area contributed by atoms with Gasteiger partial charge in [-0.05, 0) is 31.0 Å². The van der Waals surface area contributed by atoms with Gasteiger partial charge in [0, 0.05) is 43.7 Å². The molecule has 1 amide bonds. The molecule has 1 aromatic heterocycles. The van der Waals surface area contributed by atoms with Gasteiger partial charge in [-0.25, -0.2) is 0 Å². The summed E-state index contributed by atoms with van der Waals surface area (Å²) in [5, 5.41) is 4.10. The SMILES string of the molecule is Cc1cc(C)c(C(=O)N(C)Cc2cnn(C)c2)cc1N. The van der Waals surface area contributed by atoms with Crippen LogP contribution >= 0.6 is 0 Å². The first-order valence-corrected chi connectivity index (χ1v) is 6.48. The third-order valence-electron chi connectivity index (χ3n) is 3.37. The fourth-order valence-electron chi connectivity index (χ4n) is 2.20. The molecule has 0 saturated carbocycles. The molecule has 0 spiro atoms. The molecule has 1 aromatic carbocycles. The van der Waals surface area contributed by atoms with E-state index in [0.717, 1.165) is 16.7 Å². The Labute approximate surface area is 119 Å². The number of hydrogen-bond donors (Lipinski definition) is 1. The predicted molar refractivity (Wildman–Crippen MR) is 79.3 cm³/mol. The molecule has 20 heavy (non-hydrogen) atoms. The van der Waals surface area contributed by atoms with Gasteiger partial charge in [-0.15, -0.1) is 0 Å². The van der Waals surface area contributed by atoms with Gasteiger partial charge in [-0.3, -0.25) is 9.48 Å². The van der Waals surface area contributed by atoms with E-state index in [1.165, 1.54) is 0 Å². The number of nitrogens with two attached hydrogens (primary N) is 1. The first kappa shape index (κ1) is 14.1. The molecular weight excluding hydrogens is 252 g/mol. The maximum Gasteiger partial charge on any atom is 0.254 e. The third kappa shape index (κ3) is 2.82. The van der Waals surface area contributed by atoms with E-state index in [1.807, 2.05) is 33.2 Å². The minimum atomic E-state index is -0.0296. The standard InChI is InChI=1S/C15H20N4O/c1-10-5-11(2)14(16)6-13(10)15(20)18(3)8-12-7-17-19(4)9-12/h5-7,9H,8,16H2,1-4H3. The number of benzene rings is 1. The maximum absolute atomic E-state index is 12.5. The van der Waals surface area contributed by atoms with Crippen LogP contribution in [0.1, 0.15) is 27.0 Å². The number of nitrogen functional groups attached to an aromatic ring is 1. The number of anilines is 1. The molecule has 0 aliphatic rings. The summed E-state index contributed by atoms with van der Waals surface area (Å²) in [6.07, 6.45) is 3.67. The second-order valence-corrected chi connectivity index (χ2v) is 5.21. The Kier molecular flexibility index (Phi) is 3.79. The van der Waals surface area contributed by atoms with Crippen LogP contribution in [-0.4, -0.2) is 27.6 Å². The molecule has 5 heteroatoms. The van der Waals surface area contributed by atoms with Crippen molar-refractivity contribution in [3.8, 4) is 0 Å². The Balaban J connectivity index is 2.20. The minimum Gasteiger partial charge on any atom is -0.398 e. The topological polar surface area (TPSA) is 64.2 Å². The van der Waals surface area contributed by atoms with Crippen molar-refractivity contribution >= 4 is 11.6 Å². The summed E-state index contributed by atoms with van der Waals surface area (Å²) >= 11 is 0. The highest BCUT2D eigenvalue weighted by Crippen LogP contribution is 2.19. The highest BCUT2D eigenvalue weighted by atomic mass is 16.2. The second kappa shape index (κ2) is 5.36. The van der Waals surface area contributed by atoms with Crippen LogP contribution in [0.25, 0.3) is 0 Å². The van der Waals surface area contributed by atoms with Gasteiger partial charge in [0.25, 0.3) is 5.91 Å². The fourth-order valence-corrected chi connectivity index (χ4v) is 2.20. The lowest BCUT2D eigenvalue weighted by atomic mass is 10.0. The molecule has 0 radical (unpaired) electrons. The van der Waals surface area contributed by atoms with Crippen LogP contribution in [0.2, 0.25) is 0 Å². The zero-order chi connectivity index (χ0) is 14.9. The summed E-state index contributed by atoms with van der Waals surface area (Å²) < 4.78 is 1.72. The van der Waals surface area contributed by atoms with Gasteiger partial charge in [0.1, 0.15) is 0 Å². The summed E-state index contributed by atoms with van der Waals surface area (Å²) in [7, 11) is 3.64. The monoisotopic (exact) mass is 272 g/mol. The average molecular weight is 272 g/mol. The summed E-state index contributed by atoms with van der Waals surface area (Å²) in [5.41, 5.74) is 10.1. The number of aryl methyl sites for hydroxylation is 3. The van der Waals surface area contributed by atoms with Gasteiger partial charge >= 0.3 is 0 Å². The summed E-state index contributed by atoms with van der Waals surface area (Å²) in [6, 6.07) is 3.70. The molecule has 5 nitrogen and oxygen atoms in total. The van der Waals surface area contributed by atoms with Gasteiger partial charge in [-0.2, -0.15) is 5.10 Å². The third-order valence-corrected chi connectivity index (χ3v) is 3.37. The van der Waals surface area contributed by atoms with Crippen molar-refractivity contribution in [2.24, 2.45) is 7.05 Å². The van der Waals surface area contributed by atoms with Gasteiger partial charge in [0.2, 0.25) is 0 Å². The fraction of sp³-hybridized carbons (Fsp3) is 0.333. The van der Waals surface area contributed by atoms with Crippen LogP contribution in [0.15, 0.2) is 24.5 Å². The van der Waals surface area contributed by atoms with Crippen LogP contribution in [0.5, 0.6) is 0 Å². The molecule has 0 saturated heterocycles. The minimum absolute atomic E-state index is 0.0296. The van der Waals surface area contributed by atoms with E-state index in [9.17, 15) is 4.79 Å². The number of rotatable bonds is 3. The van der Waals surface area contributed by atoms with Crippen molar-refractivity contribution in [1.82, 2.24) is 14.7 Å². The number of hydrogen-bond acceptors (Lipinski definition) is 3. The van der Waals surface area contributed by atoms with E-state index < -0.39 is 0 Å². The largest absolute Gasteiger partial charge is 0.398 e. The van der Waals surface area contributed by atoms with Crippen molar-refractivity contribution in [1.29, 1.82) is 0 Å². The van der Waals surface area contributed by atoms with E-state index in [-0.39, 0.29) is 5.91 Å². The highest BCUT2D eigenvalue weighted by molar-refractivity contribution is 5.96. The molecule has 0 aliphatic carbocycles. The summed E-state index contributed by atoms with van der Waals surface area (Å²) in [4.78, 5) is 14.2. The Morgan fingerprint density at radius 1 is 1.35 bits per heavy atom. The lowest BCUT2D eigenvalue weighted by molar-refractivity contribution is 0.0784. The number of aromatic nitrogens is 2. The Bertz CT molecular complexity index is 645. The zero-order valence-corrected chi connectivity index (χ0v) is 12.3. The van der Waals surface area contributed by atoms with E-state index in [0.29, 0.717) is 17.8 Å². The van der Waals surface area contributed by atoms with Crippen LogP contribution in [0, 0.1) is 13.8 Å². The molecule has 1 heterocycles. The van der Waals surface area contributed by atoms with Gasteiger partial charge in [0.15, 0.2) is 0 Å². The Morgan fingerprint density at radius 2 is 2.05 bits per heavy atom. The van der Waals surface area contributed by atoms with Crippen LogP contribution in [0.3, 0.4) is 0 Å². The summed E-state index contributed by atoms with van der Waals surface area (Å²) in [6.45, 7) is 4.40. The number of amides is 1. The van der Waals surface area contributed by atoms with Crippen LogP contribution in [-0.2, 0) is 13.6 Å². The smallest absolute Gasteiger partial charge is 0.254 e. The van der Waals surface area contributed by atoms with Crippen molar-refractivity contribution in [2.75, 3.05) is 12.8 Å². The first-order valence-electron chi connectivity index (χ1n) is 6.48. The molecule has 106 valence electrons. The molecule has 0 fully saturated rings. The number of carbonyl (C=O) groups is 1. The van der Waals surface area contributed by atoms with E-state index in [2.05, 4.69) is 5.10 Å². The molecule has 0 unspecified atom stereocenters. The Hall–Kier alpha value is -2.30. The maximum atomic E-state index is 12.5. The number of nitrogens with zero attached hydrogens (tertiary/aromatic N) is 3. The van der Waals surface area contributed by atoms with Crippen LogP contribution in [0.4, 0.5) is 5.69 Å². The van der Waals surface area contributed by atoms with Crippen molar-refractivity contribution < 1.29 is 4.79 Å². The lowest BCUT2D eigenvalue weighted by Gasteiger charge is -2.18. The normalized spacial score (nSPS) is 10.6. The lowest BCUT2D eigenvalue weighted by Crippen LogP contribution is -2.27. The van der Waals surface area contributed by atoms with Gasteiger partial charge < -0.3 is 10.6 Å². The van der Waals surface area contributed by atoms with E-state index in [4.69, 9.17) is 5.73 Å². The van der Waals surface area contributed by atoms with Crippen molar-refractivity contribution in [3.63, 3.8) is 0 Å². The molecular formula is C15H20N4O. The van der Waals surface area contributed by atoms with Crippen LogP contribution < -0.4 is 5.73 Å². The Morgan fingerprint density at radius 3 is 2.65 bits per heavy atom. The van der Waals surface area contributed by atoms with E-state index >= 15 is 0 Å². The molecule has 0 bridgehead atoms. The molecule has 2 aromatic rings. The molecule has 2 N–H and O–H groups in total. The predicted octanol–water partition coefficient (Wildman–Crippen LogP) is 1.89. The second-order valence-electron chi connectivity index (χ2n) is 5.21. The molecule has 2 rings (SSSR count). The van der Waals surface area contributed by atoms with Crippen molar-refractivity contribution in [2.45, 2.75) is 20.4 Å². The van der Waals surface area contributed by atoms with Gasteiger partial charge in [-0.1, -0.05) is 6.07 Å². The first-order chi connectivity index (χ1) is 9.38. The quantitative estimate of drug-likeness (QED) is 0.868. The summed E-state index contributed by atoms with van der Waals surface area (Å²) in [5.74, 6) is -0.0296.